The number of rotatable bonds is 6. The van der Waals surface area contributed by atoms with Crippen LogP contribution in [0.2, 0.25) is 0 Å². The molecule has 32 heavy (non-hydrogen) atoms. The molecule has 0 amide bonds. The number of phenols is 3. The van der Waals surface area contributed by atoms with E-state index in [1.807, 2.05) is 30.3 Å². The van der Waals surface area contributed by atoms with Gasteiger partial charge >= 0.3 is 0 Å². The van der Waals surface area contributed by atoms with E-state index in [2.05, 4.69) is 6.08 Å². The highest BCUT2D eigenvalue weighted by atomic mass is 16.5. The lowest BCUT2D eigenvalue weighted by atomic mass is 9.79. The Bertz CT molecular complexity index is 1030. The Kier molecular flexibility index (Phi) is 6.78. The summed E-state index contributed by atoms with van der Waals surface area (Å²) in [6.45, 7) is 0.422. The van der Waals surface area contributed by atoms with Crippen molar-refractivity contribution in [2.75, 3.05) is 6.61 Å². The second-order valence-corrected chi connectivity index (χ2v) is 8.37. The molecule has 0 saturated carbocycles. The molecule has 1 fully saturated rings. The molecule has 0 aliphatic carbocycles. The monoisotopic (exact) mass is 432 g/mol. The Labute approximate surface area is 187 Å². The molecule has 1 saturated heterocycles. The predicted molar refractivity (Wildman–Crippen MR) is 123 cm³/mol. The van der Waals surface area contributed by atoms with Gasteiger partial charge in [0.25, 0.3) is 0 Å². The summed E-state index contributed by atoms with van der Waals surface area (Å²) in [5.74, 6) is 0.694. The normalized spacial score (nSPS) is 22.1. The van der Waals surface area contributed by atoms with Gasteiger partial charge in [0.1, 0.15) is 17.2 Å². The van der Waals surface area contributed by atoms with Crippen molar-refractivity contribution in [1.29, 1.82) is 0 Å². The van der Waals surface area contributed by atoms with Gasteiger partial charge in [-0.3, -0.25) is 0 Å². The van der Waals surface area contributed by atoms with Gasteiger partial charge in [-0.2, -0.15) is 0 Å². The maximum atomic E-state index is 10.9. The van der Waals surface area contributed by atoms with E-state index >= 15 is 0 Å². The molecule has 5 nitrogen and oxygen atoms in total. The zero-order valence-electron chi connectivity index (χ0n) is 17.7. The highest BCUT2D eigenvalue weighted by molar-refractivity contribution is 5.50. The molecule has 1 aliphatic rings. The van der Waals surface area contributed by atoms with Crippen molar-refractivity contribution in [2.45, 2.75) is 25.0 Å². The standard InChI is InChI=1S/C27H28O5/c28-23-10-4-18(5-11-23)2-1-3-21-16-22(26(31)19-6-12-24(29)13-7-19)17-32-27(21)20-8-14-25(30)15-9-20/h1-2,4-15,21-22,26-31H,3,16-17H2. The largest absolute Gasteiger partial charge is 0.508 e. The fraction of sp³-hybridized carbons (Fsp3) is 0.259. The number of hydrogen-bond acceptors (Lipinski definition) is 5. The summed E-state index contributed by atoms with van der Waals surface area (Å²) in [5, 5.41) is 39.6. The summed E-state index contributed by atoms with van der Waals surface area (Å²) < 4.78 is 6.26. The van der Waals surface area contributed by atoms with Crippen molar-refractivity contribution < 1.29 is 25.2 Å². The van der Waals surface area contributed by atoms with Crippen molar-refractivity contribution >= 4 is 6.08 Å². The van der Waals surface area contributed by atoms with Gasteiger partial charge in [-0.05, 0) is 71.8 Å². The fourth-order valence-electron chi connectivity index (χ4n) is 4.32. The molecule has 5 heteroatoms. The number of allylic oxidation sites excluding steroid dienone is 1. The first-order chi connectivity index (χ1) is 15.5. The first-order valence-electron chi connectivity index (χ1n) is 10.8. The minimum atomic E-state index is -0.681. The summed E-state index contributed by atoms with van der Waals surface area (Å²) in [6.07, 6.45) is 4.83. The van der Waals surface area contributed by atoms with Crippen molar-refractivity contribution in [2.24, 2.45) is 11.8 Å². The smallest absolute Gasteiger partial charge is 0.115 e. The Hall–Kier alpha value is -3.28. The van der Waals surface area contributed by atoms with Crippen LogP contribution in [-0.2, 0) is 4.74 Å². The van der Waals surface area contributed by atoms with E-state index in [4.69, 9.17) is 4.74 Å². The Morgan fingerprint density at radius 2 is 1.38 bits per heavy atom. The molecular formula is C27H28O5. The van der Waals surface area contributed by atoms with Crippen molar-refractivity contribution in [3.05, 3.63) is 95.6 Å². The van der Waals surface area contributed by atoms with Gasteiger partial charge in [0.15, 0.2) is 0 Å². The third-order valence-corrected chi connectivity index (χ3v) is 6.07. The van der Waals surface area contributed by atoms with Crippen LogP contribution in [0.15, 0.2) is 78.9 Å². The quantitative estimate of drug-likeness (QED) is 0.422. The van der Waals surface area contributed by atoms with Crippen LogP contribution in [0.25, 0.3) is 6.08 Å². The van der Waals surface area contributed by atoms with Crippen LogP contribution in [-0.4, -0.2) is 27.0 Å². The summed E-state index contributed by atoms with van der Waals surface area (Å²) in [7, 11) is 0. The first kappa shape index (κ1) is 21.9. The minimum absolute atomic E-state index is 0.0695. The van der Waals surface area contributed by atoms with Gasteiger partial charge in [0, 0.05) is 5.92 Å². The lowest BCUT2D eigenvalue weighted by Gasteiger charge is -2.38. The molecular weight excluding hydrogens is 404 g/mol. The van der Waals surface area contributed by atoms with Crippen LogP contribution in [0.3, 0.4) is 0 Å². The lowest BCUT2D eigenvalue weighted by molar-refractivity contribution is -0.0900. The Morgan fingerprint density at radius 3 is 2.00 bits per heavy atom. The van der Waals surface area contributed by atoms with Crippen LogP contribution in [0, 0.1) is 11.8 Å². The van der Waals surface area contributed by atoms with E-state index in [-0.39, 0.29) is 35.2 Å². The summed E-state index contributed by atoms with van der Waals surface area (Å²) in [5.41, 5.74) is 2.77. The van der Waals surface area contributed by atoms with Gasteiger partial charge < -0.3 is 25.2 Å². The second-order valence-electron chi connectivity index (χ2n) is 8.37. The van der Waals surface area contributed by atoms with E-state index in [0.29, 0.717) is 6.61 Å². The predicted octanol–water partition coefficient (Wildman–Crippen LogP) is 5.33. The number of benzene rings is 3. The summed E-state index contributed by atoms with van der Waals surface area (Å²) >= 11 is 0. The average Bonchev–Trinajstić information content (AvgIpc) is 2.81. The zero-order chi connectivity index (χ0) is 22.5. The first-order valence-corrected chi connectivity index (χ1v) is 10.8. The molecule has 0 aromatic heterocycles. The fourth-order valence-corrected chi connectivity index (χ4v) is 4.32. The molecule has 0 radical (unpaired) electrons. The number of ether oxygens (including phenoxy) is 1. The van der Waals surface area contributed by atoms with E-state index in [0.717, 1.165) is 29.5 Å². The molecule has 4 N–H and O–H groups in total. The molecule has 3 aromatic rings. The van der Waals surface area contributed by atoms with Gasteiger partial charge in [0.2, 0.25) is 0 Å². The van der Waals surface area contributed by atoms with E-state index in [1.54, 1.807) is 48.5 Å². The van der Waals surface area contributed by atoms with Crippen molar-refractivity contribution in [1.82, 2.24) is 0 Å². The molecule has 0 bridgehead atoms. The maximum Gasteiger partial charge on any atom is 0.115 e. The third-order valence-electron chi connectivity index (χ3n) is 6.07. The van der Waals surface area contributed by atoms with Crippen LogP contribution >= 0.6 is 0 Å². The molecule has 166 valence electrons. The molecule has 4 atom stereocenters. The topological polar surface area (TPSA) is 90.2 Å². The number of aliphatic hydroxyl groups is 1. The highest BCUT2D eigenvalue weighted by Crippen LogP contribution is 2.42. The van der Waals surface area contributed by atoms with Crippen molar-refractivity contribution in [3.63, 3.8) is 0 Å². The molecule has 4 rings (SSSR count). The molecule has 1 aliphatic heterocycles. The van der Waals surface area contributed by atoms with E-state index < -0.39 is 6.10 Å². The van der Waals surface area contributed by atoms with Gasteiger partial charge in [-0.1, -0.05) is 48.6 Å². The van der Waals surface area contributed by atoms with Crippen LogP contribution in [0.1, 0.15) is 41.7 Å². The SMILES string of the molecule is Oc1ccc(C=CCC2CC(C(O)c3ccc(O)cc3)COC2c2ccc(O)cc2)cc1. The van der Waals surface area contributed by atoms with Crippen molar-refractivity contribution in [3.8, 4) is 17.2 Å². The van der Waals surface area contributed by atoms with E-state index in [9.17, 15) is 20.4 Å². The third kappa shape index (κ3) is 5.31. The van der Waals surface area contributed by atoms with Crippen LogP contribution < -0.4 is 0 Å². The lowest BCUT2D eigenvalue weighted by Crippen LogP contribution is -2.32. The average molecular weight is 433 g/mol. The molecule has 4 unspecified atom stereocenters. The molecule has 3 aromatic carbocycles. The second kappa shape index (κ2) is 9.90. The van der Waals surface area contributed by atoms with Gasteiger partial charge in [0.05, 0.1) is 18.8 Å². The number of aliphatic hydroxyl groups excluding tert-OH is 1. The van der Waals surface area contributed by atoms with Gasteiger partial charge in [-0.15, -0.1) is 0 Å². The van der Waals surface area contributed by atoms with Crippen LogP contribution in [0.4, 0.5) is 0 Å². The Morgan fingerprint density at radius 1 is 0.812 bits per heavy atom. The number of aromatic hydroxyl groups is 3. The summed E-state index contributed by atoms with van der Waals surface area (Å²) in [6, 6.07) is 20.8. The summed E-state index contributed by atoms with van der Waals surface area (Å²) in [4.78, 5) is 0. The maximum absolute atomic E-state index is 10.9. The highest BCUT2D eigenvalue weighted by Gasteiger charge is 2.35. The van der Waals surface area contributed by atoms with Gasteiger partial charge in [-0.25, -0.2) is 0 Å². The zero-order valence-corrected chi connectivity index (χ0v) is 17.7. The number of hydrogen-bond donors (Lipinski definition) is 4. The molecule has 1 heterocycles. The van der Waals surface area contributed by atoms with E-state index in [1.165, 1.54) is 0 Å². The minimum Gasteiger partial charge on any atom is -0.508 e. The Balaban J connectivity index is 1.51. The number of phenolic OH excluding ortho intramolecular Hbond substituents is 3. The molecule has 0 spiro atoms. The van der Waals surface area contributed by atoms with Crippen LogP contribution in [0.5, 0.6) is 17.2 Å².